The van der Waals surface area contributed by atoms with Crippen molar-refractivity contribution in [2.75, 3.05) is 11.9 Å². The van der Waals surface area contributed by atoms with Gasteiger partial charge in [0.25, 0.3) is 0 Å². The number of alkyl halides is 3. The van der Waals surface area contributed by atoms with Crippen LogP contribution in [0.4, 0.5) is 18.9 Å². The summed E-state index contributed by atoms with van der Waals surface area (Å²) in [5, 5.41) is 3.40. The van der Waals surface area contributed by atoms with Crippen LogP contribution < -0.4 is 5.32 Å². The van der Waals surface area contributed by atoms with Crippen LogP contribution in [-0.4, -0.2) is 12.7 Å². The van der Waals surface area contributed by atoms with Crippen LogP contribution in [0.2, 0.25) is 5.02 Å². The molecule has 0 amide bonds. The lowest BCUT2D eigenvalue weighted by molar-refractivity contribution is -0.134. The Morgan fingerprint density at radius 3 is 2.56 bits per heavy atom. The van der Waals surface area contributed by atoms with Gasteiger partial charge < -0.3 is 5.32 Å². The Morgan fingerprint density at radius 1 is 1.31 bits per heavy atom. The van der Waals surface area contributed by atoms with E-state index < -0.39 is 12.6 Å². The van der Waals surface area contributed by atoms with Gasteiger partial charge in [0.1, 0.15) is 0 Å². The van der Waals surface area contributed by atoms with E-state index >= 15 is 0 Å². The second kappa shape index (κ2) is 5.95. The molecule has 16 heavy (non-hydrogen) atoms. The summed E-state index contributed by atoms with van der Waals surface area (Å²) in [6.45, 7) is 0.264. The number of hydrogen-bond acceptors (Lipinski definition) is 1. The Hall–Kier alpha value is -0.170. The zero-order valence-electron chi connectivity index (χ0n) is 8.24. The summed E-state index contributed by atoms with van der Waals surface area (Å²) in [6.07, 6.45) is -4.81. The maximum Gasteiger partial charge on any atom is 0.389 e. The van der Waals surface area contributed by atoms with E-state index in [9.17, 15) is 13.2 Å². The molecule has 90 valence electrons. The minimum Gasteiger partial charge on any atom is -0.384 e. The van der Waals surface area contributed by atoms with E-state index in [1.54, 1.807) is 12.1 Å². The van der Waals surface area contributed by atoms with E-state index in [0.717, 1.165) is 3.57 Å². The molecule has 0 aliphatic rings. The second-order valence-corrected chi connectivity index (χ2v) is 4.92. The maximum atomic E-state index is 11.9. The number of rotatable bonds is 4. The van der Waals surface area contributed by atoms with Crippen LogP contribution in [0.5, 0.6) is 0 Å². The first-order chi connectivity index (χ1) is 7.38. The Labute approximate surface area is 111 Å². The lowest BCUT2D eigenvalue weighted by Gasteiger charge is -2.09. The molecule has 0 heterocycles. The van der Waals surface area contributed by atoms with E-state index in [2.05, 4.69) is 27.9 Å². The minimum atomic E-state index is -4.09. The van der Waals surface area contributed by atoms with Crippen molar-refractivity contribution < 1.29 is 13.2 Å². The van der Waals surface area contributed by atoms with Gasteiger partial charge in [-0.1, -0.05) is 11.6 Å². The van der Waals surface area contributed by atoms with Crippen LogP contribution in [0.25, 0.3) is 0 Å². The van der Waals surface area contributed by atoms with Crippen LogP contribution in [0, 0.1) is 3.57 Å². The molecular formula is C10H10ClF3IN. The molecule has 1 aromatic rings. The highest BCUT2D eigenvalue weighted by molar-refractivity contribution is 14.1. The highest BCUT2D eigenvalue weighted by Gasteiger charge is 2.25. The van der Waals surface area contributed by atoms with Crippen LogP contribution >= 0.6 is 34.2 Å². The van der Waals surface area contributed by atoms with Crippen molar-refractivity contribution in [2.24, 2.45) is 0 Å². The Kier molecular flexibility index (Phi) is 5.17. The zero-order valence-corrected chi connectivity index (χ0v) is 11.2. The fourth-order valence-electron chi connectivity index (χ4n) is 1.14. The number of halogens is 5. The average Bonchev–Trinajstić information content (AvgIpc) is 2.13. The van der Waals surface area contributed by atoms with Crippen molar-refractivity contribution in [3.63, 3.8) is 0 Å². The van der Waals surface area contributed by atoms with Crippen molar-refractivity contribution in [2.45, 2.75) is 19.0 Å². The molecule has 1 N–H and O–H groups in total. The van der Waals surface area contributed by atoms with Gasteiger partial charge in [-0.25, -0.2) is 0 Å². The van der Waals surface area contributed by atoms with E-state index in [1.165, 1.54) is 0 Å². The highest BCUT2D eigenvalue weighted by Crippen LogP contribution is 2.25. The van der Waals surface area contributed by atoms with Gasteiger partial charge in [-0.2, -0.15) is 13.2 Å². The lowest BCUT2D eigenvalue weighted by Crippen LogP contribution is -2.11. The number of hydrogen-bond donors (Lipinski definition) is 1. The van der Waals surface area contributed by atoms with Gasteiger partial charge in [0, 0.05) is 16.5 Å². The summed E-state index contributed by atoms with van der Waals surface area (Å²) in [5.74, 6) is 0. The molecular weight excluding hydrogens is 353 g/mol. The highest BCUT2D eigenvalue weighted by atomic mass is 127. The van der Waals surface area contributed by atoms with Crippen molar-refractivity contribution in [1.29, 1.82) is 0 Å². The van der Waals surface area contributed by atoms with Crippen molar-refractivity contribution in [3.8, 4) is 0 Å². The van der Waals surface area contributed by atoms with Crippen molar-refractivity contribution in [3.05, 3.63) is 26.8 Å². The number of anilines is 1. The number of nitrogens with one attached hydrogen (secondary N) is 1. The molecule has 1 nitrogen and oxygen atoms in total. The molecule has 0 bridgehead atoms. The van der Waals surface area contributed by atoms with Crippen LogP contribution in [0.3, 0.4) is 0 Å². The predicted octanol–water partition coefficient (Wildman–Crippen LogP) is 4.70. The van der Waals surface area contributed by atoms with E-state index in [4.69, 9.17) is 11.6 Å². The summed E-state index contributed by atoms with van der Waals surface area (Å²) in [7, 11) is 0. The molecule has 0 atom stereocenters. The largest absolute Gasteiger partial charge is 0.389 e. The van der Waals surface area contributed by atoms with Gasteiger partial charge in [-0.05, 0) is 47.2 Å². The molecule has 0 aromatic heterocycles. The molecule has 0 fully saturated rings. The predicted molar refractivity (Wildman–Crippen MR) is 67.9 cm³/mol. The van der Waals surface area contributed by atoms with E-state index in [-0.39, 0.29) is 13.0 Å². The second-order valence-electron chi connectivity index (χ2n) is 3.27. The van der Waals surface area contributed by atoms with Crippen LogP contribution in [0.15, 0.2) is 18.2 Å². The molecule has 1 rings (SSSR count). The summed E-state index contributed by atoms with van der Waals surface area (Å²) < 4.78 is 36.6. The molecule has 0 radical (unpaired) electrons. The SMILES string of the molecule is FC(F)(F)CCCNc1ccc(I)cc1Cl. The van der Waals surface area contributed by atoms with Gasteiger partial charge in [0.15, 0.2) is 0 Å². The molecule has 0 aliphatic heterocycles. The van der Waals surface area contributed by atoms with Crippen molar-refractivity contribution in [1.82, 2.24) is 0 Å². The third-order valence-corrected chi connectivity index (χ3v) is 2.87. The fraction of sp³-hybridized carbons (Fsp3) is 0.400. The molecule has 1 aromatic carbocycles. The molecule has 0 aliphatic carbocycles. The summed E-state index contributed by atoms with van der Waals surface area (Å²) in [4.78, 5) is 0. The molecule has 0 saturated carbocycles. The third-order valence-electron chi connectivity index (χ3n) is 1.88. The normalized spacial score (nSPS) is 11.6. The lowest BCUT2D eigenvalue weighted by atomic mass is 10.2. The summed E-state index contributed by atoms with van der Waals surface area (Å²) in [5.41, 5.74) is 0.671. The Balaban J connectivity index is 2.38. The topological polar surface area (TPSA) is 12.0 Å². The van der Waals surface area contributed by atoms with Gasteiger partial charge in [0.2, 0.25) is 0 Å². The van der Waals surface area contributed by atoms with Gasteiger partial charge >= 0.3 is 6.18 Å². The molecule has 6 heteroatoms. The Morgan fingerprint density at radius 2 is 2.00 bits per heavy atom. The third kappa shape index (κ3) is 5.25. The summed E-state index contributed by atoms with van der Waals surface area (Å²) >= 11 is 8.03. The van der Waals surface area contributed by atoms with Crippen LogP contribution in [0.1, 0.15) is 12.8 Å². The first-order valence-corrected chi connectivity index (χ1v) is 6.10. The molecule has 0 spiro atoms. The van der Waals surface area contributed by atoms with Gasteiger partial charge in [0.05, 0.1) is 10.7 Å². The van der Waals surface area contributed by atoms with Crippen LogP contribution in [-0.2, 0) is 0 Å². The van der Waals surface area contributed by atoms with Gasteiger partial charge in [-0.15, -0.1) is 0 Å². The van der Waals surface area contributed by atoms with E-state index in [1.807, 2.05) is 6.07 Å². The fourth-order valence-corrected chi connectivity index (χ4v) is 2.07. The zero-order chi connectivity index (χ0) is 12.2. The smallest absolute Gasteiger partial charge is 0.384 e. The van der Waals surface area contributed by atoms with E-state index in [0.29, 0.717) is 10.7 Å². The van der Waals surface area contributed by atoms with Gasteiger partial charge in [-0.3, -0.25) is 0 Å². The molecule has 0 unspecified atom stereocenters. The quantitative estimate of drug-likeness (QED) is 0.604. The first-order valence-electron chi connectivity index (χ1n) is 4.64. The number of benzene rings is 1. The monoisotopic (exact) mass is 363 g/mol. The standard InChI is InChI=1S/C10H10ClF3IN/c11-8-6-7(15)2-3-9(8)16-5-1-4-10(12,13)14/h2-3,6,16H,1,4-5H2. The Bertz CT molecular complexity index is 354. The average molecular weight is 364 g/mol. The first kappa shape index (κ1) is 13.9. The van der Waals surface area contributed by atoms with Crippen molar-refractivity contribution >= 4 is 39.9 Å². The maximum absolute atomic E-state index is 11.9. The minimum absolute atomic E-state index is 0.0474. The molecule has 0 saturated heterocycles. The summed E-state index contributed by atoms with van der Waals surface area (Å²) in [6, 6.07) is 5.37.